The third kappa shape index (κ3) is 2.00. The maximum atomic E-state index is 12.0. The molecule has 0 spiro atoms. The van der Waals surface area contributed by atoms with Crippen molar-refractivity contribution in [3.8, 4) is 11.5 Å². The Morgan fingerprint density at radius 1 is 1.08 bits per heavy atom. The molecule has 4 bridgehead atoms. The average Bonchev–Trinajstić information content (AvgIpc) is 2.52. The zero-order chi connectivity index (χ0) is 16.5. The van der Waals surface area contributed by atoms with Gasteiger partial charge in [-0.2, -0.15) is 0 Å². The molecule has 1 amide bonds. The second-order valence-electron chi connectivity index (χ2n) is 7.93. The summed E-state index contributed by atoms with van der Waals surface area (Å²) in [5, 5.41) is 10.8. The molecular weight excluding hydrogens is 306 g/mol. The van der Waals surface area contributed by atoms with Crippen LogP contribution in [0.5, 0.6) is 11.5 Å². The minimum absolute atomic E-state index is 0.109. The molecule has 4 saturated carbocycles. The van der Waals surface area contributed by atoms with Gasteiger partial charge in [-0.05, 0) is 62.0 Å². The van der Waals surface area contributed by atoms with Gasteiger partial charge in [0.2, 0.25) is 5.76 Å². The Bertz CT molecular complexity index is 739. The van der Waals surface area contributed by atoms with Gasteiger partial charge in [0.25, 0.3) is 5.91 Å². The number of primary amides is 1. The van der Waals surface area contributed by atoms with E-state index < -0.39 is 11.5 Å². The van der Waals surface area contributed by atoms with E-state index in [1.165, 1.54) is 0 Å². The van der Waals surface area contributed by atoms with Gasteiger partial charge in [-0.15, -0.1) is 0 Å². The number of hydrogen-bond acceptors (Lipinski definition) is 4. The largest absolute Gasteiger partial charge is 0.453 e. The highest BCUT2D eigenvalue weighted by Gasteiger charge is 2.57. The molecule has 0 saturated heterocycles. The summed E-state index contributed by atoms with van der Waals surface area (Å²) in [6, 6.07) is 7.34. The molecule has 126 valence electrons. The SMILES string of the molecule is NC(=O)C1=C(C2[C@@H]3CC4C[C@H]2CC(O)(C4)C3)Oc2ccccc2O1. The Morgan fingerprint density at radius 2 is 1.71 bits per heavy atom. The quantitative estimate of drug-likeness (QED) is 0.873. The van der Waals surface area contributed by atoms with Gasteiger partial charge < -0.3 is 20.3 Å². The molecule has 1 aromatic carbocycles. The standard InChI is InChI=1S/C19H21NO4/c20-18(21)17-16(23-13-3-1-2-4-14(13)24-17)15-11-5-10-6-12(15)9-19(22,7-10)8-11/h1-4,10-12,15,22H,5-9H2,(H2,20,21)/t10?,11-,12+,15?,19?. The fourth-order valence-corrected chi connectivity index (χ4v) is 5.74. The highest BCUT2D eigenvalue weighted by atomic mass is 16.6. The summed E-state index contributed by atoms with van der Waals surface area (Å²) in [5.41, 5.74) is 5.06. The third-order valence-corrected chi connectivity index (χ3v) is 6.27. The lowest BCUT2D eigenvalue weighted by Gasteiger charge is -2.58. The molecular formula is C19H21NO4. The van der Waals surface area contributed by atoms with Crippen LogP contribution < -0.4 is 15.2 Å². The molecule has 5 heteroatoms. The number of fused-ring (bicyclic) bond motifs is 1. The highest BCUT2D eigenvalue weighted by molar-refractivity contribution is 5.91. The van der Waals surface area contributed by atoms with Crippen LogP contribution in [0.4, 0.5) is 0 Å². The Labute approximate surface area is 140 Å². The van der Waals surface area contributed by atoms with Gasteiger partial charge in [0.05, 0.1) is 5.60 Å². The first kappa shape index (κ1) is 14.3. The number of allylic oxidation sites excluding steroid dienone is 1. The Kier molecular flexibility index (Phi) is 2.84. The zero-order valence-electron chi connectivity index (χ0n) is 13.4. The number of carbonyl (C=O) groups is 1. The maximum Gasteiger partial charge on any atom is 0.288 e. The molecule has 3 N–H and O–H groups in total. The molecule has 0 aromatic heterocycles. The highest BCUT2D eigenvalue weighted by Crippen LogP contribution is 2.60. The second kappa shape index (κ2) is 4.76. The van der Waals surface area contributed by atoms with Crippen molar-refractivity contribution >= 4 is 5.91 Å². The second-order valence-corrected chi connectivity index (χ2v) is 7.93. The molecule has 4 aliphatic carbocycles. The lowest BCUT2D eigenvalue weighted by atomic mass is 9.49. The van der Waals surface area contributed by atoms with E-state index in [0.29, 0.717) is 35.0 Å². The first-order valence-electron chi connectivity index (χ1n) is 8.73. The lowest BCUT2D eigenvalue weighted by molar-refractivity contribution is -0.150. The van der Waals surface area contributed by atoms with E-state index in [1.807, 2.05) is 18.2 Å². The van der Waals surface area contributed by atoms with Crippen LogP contribution in [0.15, 0.2) is 35.8 Å². The number of rotatable bonds is 2. The first-order chi connectivity index (χ1) is 11.5. The average molecular weight is 327 g/mol. The Hall–Kier alpha value is -2.01. The third-order valence-electron chi connectivity index (χ3n) is 6.27. The maximum absolute atomic E-state index is 12.0. The number of carbonyl (C=O) groups excluding carboxylic acids is 1. The minimum atomic E-state index is -0.591. The van der Waals surface area contributed by atoms with Crippen molar-refractivity contribution in [3.63, 3.8) is 0 Å². The zero-order valence-corrected chi connectivity index (χ0v) is 13.4. The Balaban J connectivity index is 1.56. The first-order valence-corrected chi connectivity index (χ1v) is 8.73. The van der Waals surface area contributed by atoms with Gasteiger partial charge in [0.15, 0.2) is 17.3 Å². The monoisotopic (exact) mass is 327 g/mol. The van der Waals surface area contributed by atoms with Crippen LogP contribution in [-0.2, 0) is 4.79 Å². The van der Waals surface area contributed by atoms with Crippen molar-refractivity contribution < 1.29 is 19.4 Å². The number of hydrogen-bond donors (Lipinski definition) is 2. The number of nitrogens with two attached hydrogens (primary N) is 1. The van der Waals surface area contributed by atoms with Crippen LogP contribution in [-0.4, -0.2) is 16.6 Å². The van der Waals surface area contributed by atoms with Gasteiger partial charge in [-0.1, -0.05) is 12.1 Å². The van der Waals surface area contributed by atoms with Crippen molar-refractivity contribution in [1.82, 2.24) is 0 Å². The Morgan fingerprint density at radius 3 is 2.29 bits per heavy atom. The van der Waals surface area contributed by atoms with E-state index in [1.54, 1.807) is 6.07 Å². The van der Waals surface area contributed by atoms with Crippen molar-refractivity contribution in [3.05, 3.63) is 35.8 Å². The number of amides is 1. The molecule has 4 fully saturated rings. The van der Waals surface area contributed by atoms with Crippen LogP contribution >= 0.6 is 0 Å². The number of aliphatic hydroxyl groups is 1. The lowest BCUT2D eigenvalue weighted by Crippen LogP contribution is -2.55. The molecule has 1 aromatic rings. The molecule has 3 unspecified atom stereocenters. The molecule has 1 heterocycles. The summed E-state index contributed by atoms with van der Waals surface area (Å²) in [4.78, 5) is 12.0. The summed E-state index contributed by atoms with van der Waals surface area (Å²) in [6.45, 7) is 0. The fourth-order valence-electron chi connectivity index (χ4n) is 5.74. The van der Waals surface area contributed by atoms with Crippen molar-refractivity contribution in [2.75, 3.05) is 0 Å². The van der Waals surface area contributed by atoms with Crippen LogP contribution in [0, 0.1) is 23.7 Å². The smallest absolute Gasteiger partial charge is 0.288 e. The van der Waals surface area contributed by atoms with Gasteiger partial charge in [0, 0.05) is 5.92 Å². The number of benzene rings is 1. The summed E-state index contributed by atoms with van der Waals surface area (Å²) < 4.78 is 11.9. The van der Waals surface area contributed by atoms with Gasteiger partial charge in [-0.3, -0.25) is 4.79 Å². The van der Waals surface area contributed by atoms with Crippen molar-refractivity contribution in [2.24, 2.45) is 29.4 Å². The van der Waals surface area contributed by atoms with Gasteiger partial charge in [0.1, 0.15) is 0 Å². The molecule has 5 aliphatic rings. The van der Waals surface area contributed by atoms with Crippen molar-refractivity contribution in [2.45, 2.75) is 37.7 Å². The van der Waals surface area contributed by atoms with E-state index in [0.717, 1.165) is 32.1 Å². The van der Waals surface area contributed by atoms with Gasteiger partial charge >= 0.3 is 0 Å². The number of ether oxygens (including phenoxy) is 2. The molecule has 5 atom stereocenters. The molecule has 1 aliphatic heterocycles. The normalized spacial score (nSPS) is 39.2. The van der Waals surface area contributed by atoms with E-state index in [-0.39, 0.29) is 11.7 Å². The van der Waals surface area contributed by atoms with Crippen LogP contribution in [0.1, 0.15) is 32.1 Å². The fraction of sp³-hybridized carbons (Fsp3) is 0.526. The van der Waals surface area contributed by atoms with Crippen molar-refractivity contribution in [1.29, 1.82) is 0 Å². The summed E-state index contributed by atoms with van der Waals surface area (Å²) in [7, 11) is 0. The van der Waals surface area contributed by atoms with Crippen LogP contribution in [0.3, 0.4) is 0 Å². The number of para-hydroxylation sites is 2. The summed E-state index contributed by atoms with van der Waals surface area (Å²) in [6.07, 6.45) is 4.67. The molecule has 6 rings (SSSR count). The van der Waals surface area contributed by atoms with E-state index in [9.17, 15) is 9.90 Å². The van der Waals surface area contributed by atoms with E-state index >= 15 is 0 Å². The predicted molar refractivity (Wildman–Crippen MR) is 85.9 cm³/mol. The molecule has 24 heavy (non-hydrogen) atoms. The molecule has 0 radical (unpaired) electrons. The minimum Gasteiger partial charge on any atom is -0.453 e. The van der Waals surface area contributed by atoms with Crippen LogP contribution in [0.2, 0.25) is 0 Å². The van der Waals surface area contributed by atoms with Crippen LogP contribution in [0.25, 0.3) is 0 Å². The predicted octanol–water partition coefficient (Wildman–Crippen LogP) is 2.34. The summed E-state index contributed by atoms with van der Waals surface area (Å²) >= 11 is 0. The molecule has 5 nitrogen and oxygen atoms in total. The topological polar surface area (TPSA) is 81.8 Å². The van der Waals surface area contributed by atoms with E-state index in [4.69, 9.17) is 15.2 Å². The van der Waals surface area contributed by atoms with Gasteiger partial charge in [-0.25, -0.2) is 0 Å². The van der Waals surface area contributed by atoms with E-state index in [2.05, 4.69) is 0 Å². The summed E-state index contributed by atoms with van der Waals surface area (Å²) in [5.74, 6) is 2.65.